The number of aliphatic hydroxyl groups excluding tert-OH is 1. The van der Waals surface area contributed by atoms with Crippen LogP contribution in [0.25, 0.3) is 0 Å². The van der Waals surface area contributed by atoms with Gasteiger partial charge in [0.2, 0.25) is 0 Å². The summed E-state index contributed by atoms with van der Waals surface area (Å²) >= 11 is 0. The third kappa shape index (κ3) is 1.93. The summed E-state index contributed by atoms with van der Waals surface area (Å²) in [6.07, 6.45) is 0.314. The van der Waals surface area contributed by atoms with Gasteiger partial charge in [0.05, 0.1) is 6.10 Å². The van der Waals surface area contributed by atoms with Gasteiger partial charge in [-0.3, -0.25) is 4.90 Å². The van der Waals surface area contributed by atoms with Crippen molar-refractivity contribution in [3.8, 4) is 0 Å². The number of hydrogen-bond donors (Lipinski definition) is 1. The van der Waals surface area contributed by atoms with Gasteiger partial charge < -0.3 is 5.11 Å². The van der Waals surface area contributed by atoms with Crippen LogP contribution < -0.4 is 0 Å². The van der Waals surface area contributed by atoms with Crippen LogP contribution in [0.15, 0.2) is 0 Å². The summed E-state index contributed by atoms with van der Waals surface area (Å²) in [4.78, 5) is 1.74. The Morgan fingerprint density at radius 1 is 1.05 bits per heavy atom. The molecule has 2 fully saturated rings. The molecule has 1 N–H and O–H groups in total. The summed E-state index contributed by atoms with van der Waals surface area (Å²) in [6, 6.07) is 0. The highest BCUT2D eigenvalue weighted by Gasteiger charge is 2.46. The number of rotatable bonds is 2. The van der Waals surface area contributed by atoms with Gasteiger partial charge >= 0.3 is 0 Å². The molecule has 1 saturated carbocycles. The zero-order valence-electron chi connectivity index (χ0n) is 11.0. The molecule has 110 valence electrons. The van der Waals surface area contributed by atoms with Crippen LogP contribution in [0.3, 0.4) is 0 Å². The van der Waals surface area contributed by atoms with E-state index in [1.165, 1.54) is 0 Å². The molecule has 1 heterocycles. The monoisotopic (exact) mass is 289 g/mol. The summed E-state index contributed by atoms with van der Waals surface area (Å²) in [7, 11) is 0. The second-order valence-corrected chi connectivity index (χ2v) is 5.78. The molecule has 1 aliphatic carbocycles. The lowest BCUT2D eigenvalue weighted by molar-refractivity contribution is -0.00435. The fourth-order valence-corrected chi connectivity index (χ4v) is 3.24. The van der Waals surface area contributed by atoms with E-state index in [2.05, 4.69) is 0 Å². The first-order valence-corrected chi connectivity index (χ1v) is 6.62. The minimum Gasteiger partial charge on any atom is -0.393 e. The minimum atomic E-state index is -1.33. The van der Waals surface area contributed by atoms with Crippen molar-refractivity contribution in [2.24, 2.45) is 11.8 Å². The molecule has 2 nitrogen and oxygen atoms in total. The summed E-state index contributed by atoms with van der Waals surface area (Å²) in [5.74, 6) is -4.87. The van der Waals surface area contributed by atoms with Crippen LogP contribution in [0.5, 0.6) is 0 Å². The van der Waals surface area contributed by atoms with Crippen molar-refractivity contribution in [2.45, 2.75) is 26.0 Å². The van der Waals surface area contributed by atoms with Crippen molar-refractivity contribution < 1.29 is 22.7 Å². The quantitative estimate of drug-likeness (QED) is 0.667. The van der Waals surface area contributed by atoms with E-state index in [0.717, 1.165) is 6.92 Å². The summed E-state index contributed by atoms with van der Waals surface area (Å²) < 4.78 is 54.6. The Morgan fingerprint density at radius 2 is 1.65 bits per heavy atom. The summed E-state index contributed by atoms with van der Waals surface area (Å²) in [6.45, 7) is 1.93. The maximum atomic E-state index is 13.8. The van der Waals surface area contributed by atoms with Gasteiger partial charge in [-0.05, 0) is 19.3 Å². The molecule has 0 unspecified atom stereocenters. The standard InChI is InChI=1S/C14H15F4NO/c1-6-11(15)13(17)9(14(18)12(6)16)5-19-3-7-2-10(20)8(7)4-19/h7-8,10,20H,2-5H2,1H3/t7-,8+,10-/m1/s1. The van der Waals surface area contributed by atoms with Crippen LogP contribution >= 0.6 is 0 Å². The molecular weight excluding hydrogens is 274 g/mol. The van der Waals surface area contributed by atoms with Crippen LogP contribution in [0, 0.1) is 42.0 Å². The molecule has 20 heavy (non-hydrogen) atoms. The van der Waals surface area contributed by atoms with Crippen LogP contribution in [0.1, 0.15) is 17.5 Å². The Bertz CT molecular complexity index is 534. The highest BCUT2D eigenvalue weighted by molar-refractivity contribution is 5.29. The van der Waals surface area contributed by atoms with Crippen molar-refractivity contribution in [1.82, 2.24) is 4.90 Å². The molecule has 0 radical (unpaired) electrons. The number of benzene rings is 1. The number of fused-ring (bicyclic) bond motifs is 1. The smallest absolute Gasteiger partial charge is 0.166 e. The van der Waals surface area contributed by atoms with Crippen molar-refractivity contribution in [3.63, 3.8) is 0 Å². The van der Waals surface area contributed by atoms with Gasteiger partial charge in [0.25, 0.3) is 0 Å². The average molecular weight is 289 g/mol. The van der Waals surface area contributed by atoms with Gasteiger partial charge in [-0.15, -0.1) is 0 Å². The van der Waals surface area contributed by atoms with E-state index in [1.54, 1.807) is 4.90 Å². The van der Waals surface area contributed by atoms with Gasteiger partial charge in [0.1, 0.15) is 0 Å². The summed E-state index contributed by atoms with van der Waals surface area (Å²) in [5, 5.41) is 9.54. The van der Waals surface area contributed by atoms with E-state index in [4.69, 9.17) is 0 Å². The highest BCUT2D eigenvalue weighted by atomic mass is 19.2. The molecule has 6 heteroatoms. The predicted octanol–water partition coefficient (Wildman–Crippen LogP) is 2.36. The molecule has 0 spiro atoms. The molecule has 2 aliphatic rings. The van der Waals surface area contributed by atoms with Gasteiger partial charge in [-0.25, -0.2) is 17.6 Å². The van der Waals surface area contributed by atoms with Crippen LogP contribution in [-0.4, -0.2) is 29.2 Å². The van der Waals surface area contributed by atoms with Crippen molar-refractivity contribution in [3.05, 3.63) is 34.4 Å². The Morgan fingerprint density at radius 3 is 2.15 bits per heavy atom. The second-order valence-electron chi connectivity index (χ2n) is 5.78. The number of nitrogens with zero attached hydrogens (tertiary/aromatic N) is 1. The third-order valence-electron chi connectivity index (χ3n) is 4.56. The number of halogens is 4. The summed E-state index contributed by atoms with van der Waals surface area (Å²) in [5.41, 5.74) is -1.21. The molecule has 3 atom stereocenters. The van der Waals surface area contributed by atoms with Crippen molar-refractivity contribution in [1.29, 1.82) is 0 Å². The third-order valence-corrected chi connectivity index (χ3v) is 4.56. The van der Waals surface area contributed by atoms with E-state index in [-0.39, 0.29) is 18.6 Å². The molecule has 1 aliphatic heterocycles. The van der Waals surface area contributed by atoms with Gasteiger partial charge in [0, 0.05) is 36.7 Å². The maximum Gasteiger partial charge on any atom is 0.166 e. The minimum absolute atomic E-state index is 0.112. The molecule has 3 rings (SSSR count). The number of aliphatic hydroxyl groups is 1. The predicted molar refractivity (Wildman–Crippen MR) is 63.9 cm³/mol. The van der Waals surface area contributed by atoms with Crippen molar-refractivity contribution in [2.75, 3.05) is 13.1 Å². The van der Waals surface area contributed by atoms with Crippen LogP contribution in [0.2, 0.25) is 0 Å². The average Bonchev–Trinajstić information content (AvgIpc) is 2.76. The van der Waals surface area contributed by atoms with E-state index >= 15 is 0 Å². The Hall–Kier alpha value is -1.14. The second kappa shape index (κ2) is 4.70. The Balaban J connectivity index is 1.85. The first-order chi connectivity index (χ1) is 9.40. The van der Waals surface area contributed by atoms with E-state index < -0.39 is 34.4 Å². The van der Waals surface area contributed by atoms with Crippen molar-refractivity contribution >= 4 is 0 Å². The van der Waals surface area contributed by atoms with Gasteiger partial charge in [-0.1, -0.05) is 0 Å². The van der Waals surface area contributed by atoms with Gasteiger partial charge in [0.15, 0.2) is 23.3 Å². The Labute approximate surface area is 114 Å². The van der Waals surface area contributed by atoms with Crippen LogP contribution in [0.4, 0.5) is 17.6 Å². The molecule has 0 aromatic heterocycles. The molecular formula is C14H15F4NO. The topological polar surface area (TPSA) is 23.5 Å². The first kappa shape index (κ1) is 13.8. The lowest BCUT2D eigenvalue weighted by atomic mass is 9.74. The lowest BCUT2D eigenvalue weighted by Crippen LogP contribution is -2.39. The van der Waals surface area contributed by atoms with Gasteiger partial charge in [-0.2, -0.15) is 0 Å². The fraction of sp³-hybridized carbons (Fsp3) is 0.571. The SMILES string of the molecule is Cc1c(F)c(F)c(CN2C[C@H]3C[C@@H](O)[C@H]3C2)c(F)c1F. The normalized spacial score (nSPS) is 29.4. The van der Waals surface area contributed by atoms with E-state index in [9.17, 15) is 22.7 Å². The Kier molecular flexibility index (Phi) is 3.25. The molecule has 1 aromatic rings. The molecule has 0 amide bonds. The zero-order chi connectivity index (χ0) is 14.6. The molecule has 1 aromatic carbocycles. The van der Waals surface area contributed by atoms with E-state index in [0.29, 0.717) is 25.4 Å². The first-order valence-electron chi connectivity index (χ1n) is 6.62. The largest absolute Gasteiger partial charge is 0.393 e. The zero-order valence-corrected chi connectivity index (χ0v) is 11.0. The maximum absolute atomic E-state index is 13.8. The number of hydrogen-bond acceptors (Lipinski definition) is 2. The molecule has 1 saturated heterocycles. The lowest BCUT2D eigenvalue weighted by Gasteiger charge is -2.35. The van der Waals surface area contributed by atoms with Crippen LogP contribution in [-0.2, 0) is 6.54 Å². The highest BCUT2D eigenvalue weighted by Crippen LogP contribution is 2.41. The fourth-order valence-electron chi connectivity index (χ4n) is 3.24. The number of likely N-dealkylation sites (tertiary alicyclic amines) is 1. The molecule has 0 bridgehead atoms. The van der Waals surface area contributed by atoms with E-state index in [1.807, 2.05) is 0 Å².